The largest absolute Gasteiger partial charge is 0.464 e. The number of carbonyl (C=O) groups excluding carboxylic acids is 5. The standard InChI is InChI=1S/C24H31NO12/c1-6-32-22(29)17(25-24(30)33-12-16-10-8-7-9-11-16)18(34-13(2)26)19-20(35-14(3)27)21(36-15(4)28)23(31-5)37-19/h7-11,17-21,23H,6,12H2,1-5H3,(H,25,30)/t17?,18-,19-,20-,21-,23-/m1/s1. The summed E-state index contributed by atoms with van der Waals surface area (Å²) >= 11 is 0. The van der Waals surface area contributed by atoms with Crippen LogP contribution in [0, 0.1) is 0 Å². The summed E-state index contributed by atoms with van der Waals surface area (Å²) in [6.07, 6.45) is -7.98. The van der Waals surface area contributed by atoms with Gasteiger partial charge in [0.25, 0.3) is 0 Å². The van der Waals surface area contributed by atoms with Crippen LogP contribution < -0.4 is 5.32 Å². The maximum atomic E-state index is 12.9. The van der Waals surface area contributed by atoms with Crippen molar-refractivity contribution in [3.05, 3.63) is 35.9 Å². The highest BCUT2D eigenvalue weighted by Gasteiger charge is 2.56. The molecule has 1 aliphatic heterocycles. The summed E-state index contributed by atoms with van der Waals surface area (Å²) in [7, 11) is 1.25. The van der Waals surface area contributed by atoms with Gasteiger partial charge in [0.2, 0.25) is 0 Å². The molecule has 0 spiro atoms. The van der Waals surface area contributed by atoms with Crippen molar-refractivity contribution in [1.29, 1.82) is 0 Å². The molecule has 0 radical (unpaired) electrons. The second-order valence-electron chi connectivity index (χ2n) is 7.86. The fourth-order valence-corrected chi connectivity index (χ4v) is 3.66. The number of nitrogens with one attached hydrogen (secondary N) is 1. The van der Waals surface area contributed by atoms with Crippen LogP contribution in [0.15, 0.2) is 30.3 Å². The zero-order chi connectivity index (χ0) is 27.5. The number of amides is 1. The lowest BCUT2D eigenvalue weighted by atomic mass is 9.99. The average Bonchev–Trinajstić information content (AvgIpc) is 3.16. The number of hydrogen-bond acceptors (Lipinski definition) is 12. The lowest BCUT2D eigenvalue weighted by Gasteiger charge is -2.32. The maximum Gasteiger partial charge on any atom is 0.408 e. The predicted molar refractivity (Wildman–Crippen MR) is 123 cm³/mol. The van der Waals surface area contributed by atoms with Gasteiger partial charge in [0.1, 0.15) is 12.7 Å². The smallest absolute Gasteiger partial charge is 0.408 e. The third-order valence-electron chi connectivity index (χ3n) is 5.02. The number of methoxy groups -OCH3 is 1. The summed E-state index contributed by atoms with van der Waals surface area (Å²) in [6, 6.07) is 7.10. The van der Waals surface area contributed by atoms with Crippen molar-refractivity contribution >= 4 is 30.0 Å². The third-order valence-corrected chi connectivity index (χ3v) is 5.02. The third kappa shape index (κ3) is 8.72. The van der Waals surface area contributed by atoms with Gasteiger partial charge in [0, 0.05) is 27.9 Å². The van der Waals surface area contributed by atoms with Gasteiger partial charge in [0.15, 0.2) is 30.6 Å². The molecule has 6 atom stereocenters. The Labute approximate surface area is 213 Å². The topological polar surface area (TPSA) is 162 Å². The Morgan fingerprint density at radius 3 is 2.08 bits per heavy atom. The molecule has 1 aliphatic rings. The highest BCUT2D eigenvalue weighted by molar-refractivity contribution is 5.82. The van der Waals surface area contributed by atoms with E-state index in [9.17, 15) is 24.0 Å². The minimum absolute atomic E-state index is 0.0709. The van der Waals surface area contributed by atoms with Crippen molar-refractivity contribution in [2.24, 2.45) is 0 Å². The van der Waals surface area contributed by atoms with Crippen LogP contribution in [0.1, 0.15) is 33.3 Å². The fourth-order valence-electron chi connectivity index (χ4n) is 3.66. The van der Waals surface area contributed by atoms with Crippen molar-refractivity contribution in [3.8, 4) is 0 Å². The number of alkyl carbamates (subject to hydrolysis) is 1. The van der Waals surface area contributed by atoms with E-state index in [2.05, 4.69) is 5.32 Å². The van der Waals surface area contributed by atoms with Crippen LogP contribution in [0.2, 0.25) is 0 Å². The summed E-state index contributed by atoms with van der Waals surface area (Å²) in [5.74, 6) is -3.35. The lowest BCUT2D eigenvalue weighted by molar-refractivity contribution is -0.191. The number of benzene rings is 1. The number of hydrogen-bond donors (Lipinski definition) is 1. The Hall–Kier alpha value is -3.71. The maximum absolute atomic E-state index is 12.9. The molecule has 1 aromatic carbocycles. The van der Waals surface area contributed by atoms with Crippen LogP contribution >= 0.6 is 0 Å². The first-order valence-electron chi connectivity index (χ1n) is 11.4. The Bertz CT molecular complexity index is 952. The second kappa shape index (κ2) is 14.1. The summed E-state index contributed by atoms with van der Waals surface area (Å²) in [6.45, 7) is 4.64. The highest BCUT2D eigenvalue weighted by atomic mass is 16.7. The van der Waals surface area contributed by atoms with Gasteiger partial charge in [-0.25, -0.2) is 9.59 Å². The zero-order valence-corrected chi connectivity index (χ0v) is 21.2. The van der Waals surface area contributed by atoms with Crippen LogP contribution in [-0.2, 0) is 58.9 Å². The summed E-state index contributed by atoms with van der Waals surface area (Å²) in [4.78, 5) is 61.1. The molecule has 0 bridgehead atoms. The summed E-state index contributed by atoms with van der Waals surface area (Å²) in [5.41, 5.74) is 0.683. The molecule has 1 N–H and O–H groups in total. The van der Waals surface area contributed by atoms with E-state index in [0.29, 0.717) is 5.56 Å². The zero-order valence-electron chi connectivity index (χ0n) is 21.2. The van der Waals surface area contributed by atoms with Crippen LogP contribution in [0.3, 0.4) is 0 Å². The molecule has 1 amide bonds. The first kappa shape index (κ1) is 29.5. The van der Waals surface area contributed by atoms with Crippen LogP contribution in [-0.4, -0.2) is 80.4 Å². The first-order chi connectivity index (χ1) is 17.6. The molecule has 13 heteroatoms. The van der Waals surface area contributed by atoms with E-state index in [0.717, 1.165) is 20.8 Å². The molecular weight excluding hydrogens is 494 g/mol. The summed E-state index contributed by atoms with van der Waals surface area (Å²) in [5, 5.41) is 2.33. The number of esters is 4. The Morgan fingerprint density at radius 2 is 1.54 bits per heavy atom. The average molecular weight is 526 g/mol. The predicted octanol–water partition coefficient (Wildman–Crippen LogP) is 1.01. The van der Waals surface area contributed by atoms with Crippen molar-refractivity contribution in [3.63, 3.8) is 0 Å². The van der Waals surface area contributed by atoms with Gasteiger partial charge in [-0.15, -0.1) is 0 Å². The van der Waals surface area contributed by atoms with Crippen LogP contribution in [0.25, 0.3) is 0 Å². The van der Waals surface area contributed by atoms with Gasteiger partial charge in [-0.1, -0.05) is 30.3 Å². The molecule has 0 aromatic heterocycles. The Balaban J connectivity index is 2.39. The van der Waals surface area contributed by atoms with Gasteiger partial charge >= 0.3 is 30.0 Å². The molecule has 1 fully saturated rings. The van der Waals surface area contributed by atoms with Crippen molar-refractivity contribution in [2.75, 3.05) is 13.7 Å². The minimum atomic E-state index is -1.66. The summed E-state index contributed by atoms with van der Waals surface area (Å²) < 4.78 is 37.2. The van der Waals surface area contributed by atoms with E-state index in [1.165, 1.54) is 14.0 Å². The molecule has 204 valence electrons. The molecule has 1 heterocycles. The van der Waals surface area contributed by atoms with Crippen LogP contribution in [0.5, 0.6) is 0 Å². The lowest BCUT2D eigenvalue weighted by Crippen LogP contribution is -2.58. The molecule has 2 rings (SSSR count). The molecule has 1 unspecified atom stereocenters. The van der Waals surface area contributed by atoms with E-state index in [-0.39, 0.29) is 13.2 Å². The van der Waals surface area contributed by atoms with E-state index in [1.807, 2.05) is 0 Å². The SMILES string of the molecule is CCOC(=O)C(NC(=O)OCc1ccccc1)[C@@H](OC(C)=O)[C@H]1O[C@@H](OC)[C@H](OC(C)=O)[C@@H]1OC(C)=O. The number of rotatable bonds is 11. The van der Waals surface area contributed by atoms with Gasteiger partial charge in [-0.05, 0) is 12.5 Å². The van der Waals surface area contributed by atoms with Crippen molar-refractivity contribution in [1.82, 2.24) is 5.32 Å². The quantitative estimate of drug-likeness (QED) is 0.323. The first-order valence-corrected chi connectivity index (χ1v) is 11.4. The molecule has 1 aromatic rings. The second-order valence-corrected chi connectivity index (χ2v) is 7.86. The Morgan fingerprint density at radius 1 is 0.919 bits per heavy atom. The number of carbonyl (C=O) groups is 5. The molecule has 13 nitrogen and oxygen atoms in total. The van der Waals surface area contributed by atoms with E-state index in [4.69, 9.17) is 33.2 Å². The minimum Gasteiger partial charge on any atom is -0.464 e. The highest BCUT2D eigenvalue weighted by Crippen LogP contribution is 2.32. The van der Waals surface area contributed by atoms with E-state index >= 15 is 0 Å². The normalized spacial score (nSPS) is 22.2. The van der Waals surface area contributed by atoms with Crippen LogP contribution in [0.4, 0.5) is 4.79 Å². The number of ether oxygens (including phenoxy) is 7. The van der Waals surface area contributed by atoms with Gasteiger partial charge in [-0.3, -0.25) is 14.4 Å². The van der Waals surface area contributed by atoms with Gasteiger partial charge < -0.3 is 38.5 Å². The molecule has 0 saturated carbocycles. The molecular formula is C24H31NO12. The van der Waals surface area contributed by atoms with Crippen molar-refractivity contribution in [2.45, 2.75) is 71.0 Å². The molecule has 37 heavy (non-hydrogen) atoms. The molecule has 0 aliphatic carbocycles. The molecule has 1 saturated heterocycles. The van der Waals surface area contributed by atoms with Crippen molar-refractivity contribution < 1.29 is 57.1 Å². The van der Waals surface area contributed by atoms with Gasteiger partial charge in [-0.2, -0.15) is 0 Å². The van der Waals surface area contributed by atoms with E-state index < -0.39 is 66.7 Å². The Kier molecular flexibility index (Phi) is 11.3. The van der Waals surface area contributed by atoms with E-state index in [1.54, 1.807) is 30.3 Å². The van der Waals surface area contributed by atoms with Gasteiger partial charge in [0.05, 0.1) is 6.61 Å². The fraction of sp³-hybridized carbons (Fsp3) is 0.542. The monoisotopic (exact) mass is 525 g/mol.